The largest absolute Gasteiger partial charge is 0.143 e. The molecule has 0 N–H and O–H groups in total. The van der Waals surface area contributed by atoms with Crippen molar-refractivity contribution in [2.45, 2.75) is 39.5 Å². The molecule has 35 heavy (non-hydrogen) atoms. The molecule has 1 fully saturated rings. The Morgan fingerprint density at radius 3 is 1.57 bits per heavy atom. The number of hydrogen-bond acceptors (Lipinski definition) is 1. The van der Waals surface area contributed by atoms with Crippen molar-refractivity contribution in [2.75, 3.05) is 0 Å². The van der Waals surface area contributed by atoms with Gasteiger partial charge in [0.1, 0.15) is 0 Å². The summed E-state index contributed by atoms with van der Waals surface area (Å²) in [6, 6.07) is 22.3. The third-order valence-electron chi connectivity index (χ3n) is 7.68. The van der Waals surface area contributed by atoms with Gasteiger partial charge in [0.25, 0.3) is 0 Å². The van der Waals surface area contributed by atoms with Gasteiger partial charge in [-0.1, -0.05) is 63.2 Å². The lowest BCUT2D eigenvalue weighted by molar-refractivity contribution is 0.352. The van der Waals surface area contributed by atoms with Crippen LogP contribution in [0.1, 0.15) is 61.1 Å². The van der Waals surface area contributed by atoms with Gasteiger partial charge in [0.15, 0.2) is 0 Å². The zero-order chi connectivity index (χ0) is 24.9. The molecule has 174 valence electrons. The molecule has 4 atom stereocenters. The molecule has 1 aliphatic rings. The van der Waals surface area contributed by atoms with Crippen LogP contribution in [0, 0.1) is 72.0 Å². The van der Waals surface area contributed by atoms with Crippen molar-refractivity contribution in [1.82, 2.24) is 0 Å². The minimum Gasteiger partial charge on any atom is -0.143 e. The number of thiol groups is 1. The first kappa shape index (κ1) is 24.8. The Morgan fingerprint density at radius 1 is 0.543 bits per heavy atom. The van der Waals surface area contributed by atoms with Crippen molar-refractivity contribution in [1.29, 1.82) is 0 Å². The van der Waals surface area contributed by atoms with Gasteiger partial charge < -0.3 is 0 Å². The van der Waals surface area contributed by atoms with E-state index in [1.54, 1.807) is 0 Å². The highest BCUT2D eigenvalue weighted by atomic mass is 32.1. The first-order valence-corrected chi connectivity index (χ1v) is 12.8. The van der Waals surface area contributed by atoms with Crippen LogP contribution in [0.5, 0.6) is 0 Å². The van der Waals surface area contributed by atoms with Crippen molar-refractivity contribution >= 4 is 12.6 Å². The van der Waals surface area contributed by atoms with Gasteiger partial charge in [-0.05, 0) is 103 Å². The zero-order valence-corrected chi connectivity index (χ0v) is 22.1. The van der Waals surface area contributed by atoms with Crippen LogP contribution in [-0.2, 0) is 0 Å². The molecule has 0 bridgehead atoms. The number of aryl methyl sites for hydroxylation is 1. The van der Waals surface area contributed by atoms with Crippen molar-refractivity contribution < 1.29 is 0 Å². The van der Waals surface area contributed by atoms with Crippen molar-refractivity contribution in [2.24, 2.45) is 29.6 Å². The summed E-state index contributed by atoms with van der Waals surface area (Å²) in [4.78, 5) is 0.939. The van der Waals surface area contributed by atoms with Crippen LogP contribution >= 0.6 is 12.6 Å². The molecule has 1 heteroatoms. The van der Waals surface area contributed by atoms with Gasteiger partial charge in [-0.3, -0.25) is 0 Å². The lowest BCUT2D eigenvalue weighted by Crippen LogP contribution is -2.10. The number of hydrogen-bond donors (Lipinski definition) is 1. The summed E-state index contributed by atoms with van der Waals surface area (Å²) in [6.07, 6.45) is 0. The van der Waals surface area contributed by atoms with Gasteiger partial charge in [0.05, 0.1) is 0 Å². The molecule has 1 aliphatic carbocycles. The summed E-state index contributed by atoms with van der Waals surface area (Å²) in [5.74, 6) is 23.3. The summed E-state index contributed by atoms with van der Waals surface area (Å²) in [6.45, 7) is 11.5. The highest BCUT2D eigenvalue weighted by Crippen LogP contribution is 2.44. The standard InChI is InChI=1S/C34H32S/c1-23-22-31(11-10-30-14-19-33(35)20-15-30)13-18-32(23)17-12-28-6-8-29(9-7-28)16-21-34-26(4)24(2)25(3)27(34)5/h6-9,13-15,18-20,22,24-27,34-35H,1-5H3. The van der Waals surface area contributed by atoms with Crippen LogP contribution < -0.4 is 0 Å². The van der Waals surface area contributed by atoms with E-state index in [1.165, 1.54) is 0 Å². The molecule has 0 heterocycles. The SMILES string of the molecule is Cc1cc(C#Cc2ccc(S)cc2)ccc1C#Cc1ccc(C#CC2C(C)C(C)C(C)C2C)cc1. The van der Waals surface area contributed by atoms with E-state index in [0.29, 0.717) is 17.8 Å². The topological polar surface area (TPSA) is 0 Å². The van der Waals surface area contributed by atoms with Crippen molar-refractivity contribution in [3.8, 4) is 35.5 Å². The Hall–Kier alpha value is -3.31. The molecule has 3 aromatic carbocycles. The molecule has 4 unspecified atom stereocenters. The number of benzene rings is 3. The predicted molar refractivity (Wildman–Crippen MR) is 150 cm³/mol. The second kappa shape index (κ2) is 11.0. The summed E-state index contributed by atoms with van der Waals surface area (Å²) >= 11 is 4.32. The lowest BCUT2D eigenvalue weighted by Gasteiger charge is -2.14. The van der Waals surface area contributed by atoms with Gasteiger partial charge >= 0.3 is 0 Å². The smallest absolute Gasteiger partial charge is 0.0279 e. The Kier molecular flexibility index (Phi) is 7.76. The van der Waals surface area contributed by atoms with E-state index in [1.807, 2.05) is 30.3 Å². The molecule has 1 saturated carbocycles. The molecule has 4 rings (SSSR count). The van der Waals surface area contributed by atoms with E-state index in [0.717, 1.165) is 50.1 Å². The molecule has 0 saturated heterocycles. The molecule has 0 aromatic heterocycles. The van der Waals surface area contributed by atoms with Crippen LogP contribution in [-0.4, -0.2) is 0 Å². The third-order valence-corrected chi connectivity index (χ3v) is 7.97. The van der Waals surface area contributed by atoms with Crippen LogP contribution in [0.2, 0.25) is 0 Å². The average Bonchev–Trinajstić information content (AvgIpc) is 3.04. The molecule has 0 spiro atoms. The molecule has 0 aliphatic heterocycles. The Labute approximate surface area is 217 Å². The zero-order valence-electron chi connectivity index (χ0n) is 21.2. The van der Waals surface area contributed by atoms with Crippen molar-refractivity contribution in [3.05, 3.63) is 100 Å². The molecule has 0 radical (unpaired) electrons. The first-order valence-electron chi connectivity index (χ1n) is 12.4. The van der Waals surface area contributed by atoms with Crippen LogP contribution in [0.15, 0.2) is 71.6 Å². The van der Waals surface area contributed by atoms with Crippen LogP contribution in [0.25, 0.3) is 0 Å². The van der Waals surface area contributed by atoms with Gasteiger partial charge in [0, 0.05) is 38.6 Å². The average molecular weight is 473 g/mol. The van der Waals surface area contributed by atoms with E-state index in [4.69, 9.17) is 0 Å². The maximum atomic E-state index is 4.32. The van der Waals surface area contributed by atoms with Crippen LogP contribution in [0.4, 0.5) is 0 Å². The van der Waals surface area contributed by atoms with Gasteiger partial charge in [0.2, 0.25) is 0 Å². The Balaban J connectivity index is 1.43. The van der Waals surface area contributed by atoms with E-state index in [2.05, 4.69) is 119 Å². The molecule has 0 amide bonds. The summed E-state index contributed by atoms with van der Waals surface area (Å²) < 4.78 is 0. The quantitative estimate of drug-likeness (QED) is 0.253. The maximum absolute atomic E-state index is 4.32. The molecular formula is C34H32S. The molecular weight excluding hydrogens is 440 g/mol. The minimum atomic E-state index is 0.476. The minimum absolute atomic E-state index is 0.476. The Bertz CT molecular complexity index is 1360. The lowest BCUT2D eigenvalue weighted by atomic mass is 9.90. The maximum Gasteiger partial charge on any atom is 0.0279 e. The van der Waals surface area contributed by atoms with Gasteiger partial charge in [-0.15, -0.1) is 12.6 Å². The molecule has 3 aromatic rings. The van der Waals surface area contributed by atoms with Crippen LogP contribution in [0.3, 0.4) is 0 Å². The fraction of sp³-hybridized carbons (Fsp3) is 0.294. The fourth-order valence-electron chi connectivity index (χ4n) is 4.87. The third kappa shape index (κ3) is 6.04. The van der Waals surface area contributed by atoms with E-state index in [9.17, 15) is 0 Å². The fourth-order valence-corrected chi connectivity index (χ4v) is 5.02. The normalized spacial score (nSPS) is 22.7. The van der Waals surface area contributed by atoms with Crippen molar-refractivity contribution in [3.63, 3.8) is 0 Å². The first-order chi connectivity index (χ1) is 16.8. The summed E-state index contributed by atoms with van der Waals surface area (Å²) in [5, 5.41) is 0. The summed E-state index contributed by atoms with van der Waals surface area (Å²) in [7, 11) is 0. The monoisotopic (exact) mass is 472 g/mol. The summed E-state index contributed by atoms with van der Waals surface area (Å²) in [5.41, 5.74) is 6.17. The van der Waals surface area contributed by atoms with E-state index < -0.39 is 0 Å². The second-order valence-electron chi connectivity index (χ2n) is 9.89. The van der Waals surface area contributed by atoms with E-state index >= 15 is 0 Å². The van der Waals surface area contributed by atoms with E-state index in [-0.39, 0.29) is 0 Å². The van der Waals surface area contributed by atoms with Gasteiger partial charge in [-0.2, -0.15) is 0 Å². The Morgan fingerprint density at radius 2 is 1.00 bits per heavy atom. The number of rotatable bonds is 0. The highest BCUT2D eigenvalue weighted by molar-refractivity contribution is 7.80. The molecule has 0 nitrogen and oxygen atoms in total. The second-order valence-corrected chi connectivity index (χ2v) is 10.4. The highest BCUT2D eigenvalue weighted by Gasteiger charge is 2.40. The van der Waals surface area contributed by atoms with Gasteiger partial charge in [-0.25, -0.2) is 0 Å². The predicted octanol–water partition coefficient (Wildman–Crippen LogP) is 7.61.